The van der Waals surface area contributed by atoms with Crippen molar-refractivity contribution in [1.29, 1.82) is 0 Å². The van der Waals surface area contributed by atoms with E-state index in [-0.39, 0.29) is 24.3 Å². The molecule has 13 heavy (non-hydrogen) atoms. The summed E-state index contributed by atoms with van der Waals surface area (Å²) in [7, 11) is 0. The molecule has 72 valence electrons. The van der Waals surface area contributed by atoms with Gasteiger partial charge in [-0.1, -0.05) is 11.6 Å². The average Bonchev–Trinajstić information content (AvgIpc) is 2.64. The molecule has 2 rings (SSSR count). The topological polar surface area (TPSA) is 26.0 Å². The van der Waals surface area contributed by atoms with Crippen LogP contribution in [0.5, 0.6) is 0 Å². The number of nitrogens with two attached hydrogens (primary N) is 1. The lowest BCUT2D eigenvalue weighted by Crippen LogP contribution is -2.01. The molecule has 0 aliphatic heterocycles. The predicted octanol–water partition coefficient (Wildman–Crippen LogP) is 2.72. The van der Waals surface area contributed by atoms with Crippen LogP contribution in [0.2, 0.25) is 5.02 Å². The molecule has 1 aliphatic rings. The highest BCUT2D eigenvalue weighted by molar-refractivity contribution is 6.30. The first kappa shape index (κ1) is 10.8. The van der Waals surface area contributed by atoms with Gasteiger partial charge in [-0.25, -0.2) is 4.39 Å². The number of benzene rings is 1. The Labute approximate surface area is 87.5 Å². The monoisotopic (exact) mass is 221 g/mol. The van der Waals surface area contributed by atoms with E-state index in [1.165, 1.54) is 12.1 Å². The normalized spacial score (nSPS) is 25.2. The van der Waals surface area contributed by atoms with Gasteiger partial charge in [-0.05, 0) is 30.2 Å². The van der Waals surface area contributed by atoms with Gasteiger partial charge in [-0.2, -0.15) is 0 Å². The second kappa shape index (κ2) is 3.82. The van der Waals surface area contributed by atoms with E-state index >= 15 is 0 Å². The second-order valence-corrected chi connectivity index (χ2v) is 3.65. The zero-order valence-corrected chi connectivity index (χ0v) is 8.41. The Balaban J connectivity index is 0.000000845. The van der Waals surface area contributed by atoms with Crippen LogP contribution < -0.4 is 5.73 Å². The van der Waals surface area contributed by atoms with E-state index in [1.807, 2.05) is 0 Å². The highest BCUT2D eigenvalue weighted by atomic mass is 35.5. The third kappa shape index (κ3) is 2.33. The largest absolute Gasteiger partial charge is 0.327 e. The first-order valence-corrected chi connectivity index (χ1v) is 4.26. The number of rotatable bonds is 1. The summed E-state index contributed by atoms with van der Waals surface area (Å²) in [5.74, 6) is 0.0369. The third-order valence-electron chi connectivity index (χ3n) is 2.15. The Morgan fingerprint density at radius 1 is 1.38 bits per heavy atom. The maximum absolute atomic E-state index is 12.8. The molecule has 2 N–H and O–H groups in total. The fourth-order valence-electron chi connectivity index (χ4n) is 1.39. The van der Waals surface area contributed by atoms with Crippen LogP contribution in [0.4, 0.5) is 4.39 Å². The molecule has 1 nitrogen and oxygen atoms in total. The molecule has 0 bridgehead atoms. The maximum Gasteiger partial charge on any atom is 0.124 e. The molecule has 1 saturated carbocycles. The van der Waals surface area contributed by atoms with Crippen molar-refractivity contribution in [2.45, 2.75) is 18.4 Å². The Morgan fingerprint density at radius 2 is 2.00 bits per heavy atom. The maximum atomic E-state index is 12.8. The van der Waals surface area contributed by atoms with Crippen LogP contribution in [0.3, 0.4) is 0 Å². The quantitative estimate of drug-likeness (QED) is 0.776. The predicted molar refractivity (Wildman–Crippen MR) is 54.0 cm³/mol. The smallest absolute Gasteiger partial charge is 0.124 e. The summed E-state index contributed by atoms with van der Waals surface area (Å²) >= 11 is 5.69. The zero-order chi connectivity index (χ0) is 8.72. The lowest BCUT2D eigenvalue weighted by Gasteiger charge is -1.99. The van der Waals surface area contributed by atoms with E-state index in [0.717, 1.165) is 12.0 Å². The Hall–Kier alpha value is -0.310. The van der Waals surface area contributed by atoms with E-state index in [9.17, 15) is 4.39 Å². The summed E-state index contributed by atoms with van der Waals surface area (Å²) in [5.41, 5.74) is 6.56. The first-order valence-electron chi connectivity index (χ1n) is 3.88. The van der Waals surface area contributed by atoms with Gasteiger partial charge in [0.2, 0.25) is 0 Å². The average molecular weight is 222 g/mol. The summed E-state index contributed by atoms with van der Waals surface area (Å²) in [4.78, 5) is 0. The van der Waals surface area contributed by atoms with E-state index < -0.39 is 0 Å². The second-order valence-electron chi connectivity index (χ2n) is 3.21. The van der Waals surface area contributed by atoms with Crippen LogP contribution in [0, 0.1) is 5.82 Å². The van der Waals surface area contributed by atoms with Gasteiger partial charge < -0.3 is 5.73 Å². The van der Waals surface area contributed by atoms with Crippen LogP contribution in [0.1, 0.15) is 17.9 Å². The Morgan fingerprint density at radius 3 is 2.46 bits per heavy atom. The molecule has 1 fully saturated rings. The number of halogens is 3. The summed E-state index contributed by atoms with van der Waals surface area (Å²) in [6.07, 6.45) is 0.944. The van der Waals surface area contributed by atoms with Gasteiger partial charge in [0.05, 0.1) is 0 Å². The van der Waals surface area contributed by atoms with Crippen molar-refractivity contribution in [3.63, 3.8) is 0 Å². The van der Waals surface area contributed by atoms with Gasteiger partial charge >= 0.3 is 0 Å². The molecule has 2 atom stereocenters. The molecular formula is C9H10Cl2FN. The molecule has 0 amide bonds. The van der Waals surface area contributed by atoms with Gasteiger partial charge in [-0.3, -0.25) is 0 Å². The van der Waals surface area contributed by atoms with Crippen LogP contribution in [-0.2, 0) is 0 Å². The first-order chi connectivity index (χ1) is 5.66. The minimum atomic E-state index is -0.281. The van der Waals surface area contributed by atoms with Crippen LogP contribution in [-0.4, -0.2) is 6.04 Å². The van der Waals surface area contributed by atoms with Crippen molar-refractivity contribution < 1.29 is 4.39 Å². The van der Waals surface area contributed by atoms with Gasteiger partial charge in [0, 0.05) is 17.0 Å². The molecule has 0 spiro atoms. The van der Waals surface area contributed by atoms with E-state index in [4.69, 9.17) is 17.3 Å². The fraction of sp³-hybridized carbons (Fsp3) is 0.333. The van der Waals surface area contributed by atoms with Gasteiger partial charge in [-0.15, -0.1) is 12.4 Å². The molecule has 4 heteroatoms. The van der Waals surface area contributed by atoms with E-state index in [2.05, 4.69) is 0 Å². The molecule has 1 aromatic carbocycles. The van der Waals surface area contributed by atoms with Crippen molar-refractivity contribution in [2.24, 2.45) is 5.73 Å². The van der Waals surface area contributed by atoms with Crippen LogP contribution >= 0.6 is 24.0 Å². The molecule has 0 aromatic heterocycles. The summed E-state index contributed by atoms with van der Waals surface area (Å²) in [5, 5.41) is 0.448. The standard InChI is InChI=1S/C9H9ClFN.ClH/c10-6-1-5(2-7(11)3-6)8-4-9(8)12;/h1-3,8-9H,4,12H2;1H/t8-,9+;/m0./s1. The lowest BCUT2D eigenvalue weighted by atomic mass is 10.1. The van der Waals surface area contributed by atoms with Crippen LogP contribution in [0.25, 0.3) is 0 Å². The lowest BCUT2D eigenvalue weighted by molar-refractivity contribution is 0.625. The van der Waals surface area contributed by atoms with Crippen molar-refractivity contribution in [3.8, 4) is 0 Å². The number of hydrogen-bond acceptors (Lipinski definition) is 1. The summed E-state index contributed by atoms with van der Waals surface area (Å²) in [6, 6.07) is 4.78. The zero-order valence-electron chi connectivity index (χ0n) is 6.84. The van der Waals surface area contributed by atoms with Gasteiger partial charge in [0.15, 0.2) is 0 Å². The molecular weight excluding hydrogens is 212 g/mol. The molecule has 0 saturated heterocycles. The van der Waals surface area contributed by atoms with E-state index in [1.54, 1.807) is 6.07 Å². The molecule has 0 heterocycles. The van der Waals surface area contributed by atoms with Crippen LogP contribution in [0.15, 0.2) is 18.2 Å². The van der Waals surface area contributed by atoms with Crippen molar-refractivity contribution in [2.75, 3.05) is 0 Å². The highest BCUT2D eigenvalue weighted by Gasteiger charge is 2.35. The van der Waals surface area contributed by atoms with Crippen molar-refractivity contribution in [1.82, 2.24) is 0 Å². The Bertz CT molecular complexity index is 296. The number of hydrogen-bond donors (Lipinski definition) is 1. The molecule has 1 aromatic rings. The molecule has 0 unspecified atom stereocenters. The third-order valence-corrected chi connectivity index (χ3v) is 2.37. The SMILES string of the molecule is Cl.N[C@@H]1C[C@H]1c1cc(F)cc(Cl)c1. The fourth-order valence-corrected chi connectivity index (χ4v) is 1.62. The minimum Gasteiger partial charge on any atom is -0.327 e. The summed E-state index contributed by atoms with van der Waals surface area (Å²) < 4.78 is 12.8. The molecule has 0 radical (unpaired) electrons. The van der Waals surface area contributed by atoms with Gasteiger partial charge in [0.1, 0.15) is 5.82 Å². The van der Waals surface area contributed by atoms with E-state index in [0.29, 0.717) is 10.9 Å². The molecule has 1 aliphatic carbocycles. The minimum absolute atomic E-state index is 0. The van der Waals surface area contributed by atoms with Gasteiger partial charge in [0.25, 0.3) is 0 Å². The van der Waals surface area contributed by atoms with Crippen molar-refractivity contribution >= 4 is 24.0 Å². The summed E-state index contributed by atoms with van der Waals surface area (Å²) in [6.45, 7) is 0. The van der Waals surface area contributed by atoms with Crippen molar-refractivity contribution in [3.05, 3.63) is 34.6 Å². The highest BCUT2D eigenvalue weighted by Crippen LogP contribution is 2.39. The Kier molecular flexibility index (Phi) is 3.17.